The van der Waals surface area contributed by atoms with Crippen LogP contribution in [-0.2, 0) is 0 Å². The van der Waals surface area contributed by atoms with Gasteiger partial charge in [0, 0.05) is 30.4 Å². The van der Waals surface area contributed by atoms with Crippen molar-refractivity contribution in [2.75, 3.05) is 19.0 Å². The van der Waals surface area contributed by atoms with Gasteiger partial charge in [-0.3, -0.25) is 4.79 Å². The van der Waals surface area contributed by atoms with E-state index in [1.54, 1.807) is 30.3 Å². The van der Waals surface area contributed by atoms with E-state index in [2.05, 4.69) is 0 Å². The lowest BCUT2D eigenvalue weighted by Crippen LogP contribution is -2.07. The summed E-state index contributed by atoms with van der Waals surface area (Å²) in [5.74, 6) is -0.0517. The second-order valence-electron chi connectivity index (χ2n) is 4.69. The van der Waals surface area contributed by atoms with Crippen molar-refractivity contribution in [3.63, 3.8) is 0 Å². The van der Waals surface area contributed by atoms with Crippen LogP contribution in [0.3, 0.4) is 0 Å². The average Bonchev–Trinajstić information content (AvgIpc) is 2.45. The van der Waals surface area contributed by atoms with Gasteiger partial charge >= 0.3 is 0 Å². The number of nitrogens with zero attached hydrogens (tertiary/aromatic N) is 1. The molecule has 0 fully saturated rings. The second-order valence-corrected chi connectivity index (χ2v) is 5.13. The molecule has 20 heavy (non-hydrogen) atoms. The molecule has 0 aromatic heterocycles. The number of carbonyl (C=O) groups excluding carboxylic acids is 1. The van der Waals surface area contributed by atoms with E-state index in [9.17, 15) is 4.79 Å². The van der Waals surface area contributed by atoms with Gasteiger partial charge in [-0.05, 0) is 35.9 Å². The van der Waals surface area contributed by atoms with Crippen molar-refractivity contribution in [2.24, 2.45) is 0 Å². The van der Waals surface area contributed by atoms with E-state index in [1.165, 1.54) is 0 Å². The number of carbonyl (C=O) groups is 1. The molecule has 0 radical (unpaired) electrons. The Kier molecular flexibility index (Phi) is 4.59. The second kappa shape index (κ2) is 6.40. The number of rotatable bonds is 4. The molecule has 0 aliphatic heterocycles. The molecule has 0 saturated carbocycles. The third-order valence-electron chi connectivity index (χ3n) is 2.95. The molecule has 0 amide bonds. The van der Waals surface area contributed by atoms with Crippen LogP contribution in [0.4, 0.5) is 5.69 Å². The van der Waals surface area contributed by atoms with Crippen molar-refractivity contribution < 1.29 is 4.79 Å². The van der Waals surface area contributed by atoms with Crippen LogP contribution in [0, 0.1) is 0 Å². The maximum absolute atomic E-state index is 12.0. The summed E-state index contributed by atoms with van der Waals surface area (Å²) in [5.41, 5.74) is 2.72. The molecule has 2 aromatic rings. The standard InChI is InChI=1S/C17H16ClNO/c1-19(2)16-9-6-13(7-10-16)8-11-17(20)14-4-3-5-15(18)12-14/h3-12H,1-2H3/b11-8+. The van der Waals surface area contributed by atoms with Crippen molar-refractivity contribution in [1.29, 1.82) is 0 Å². The average molecular weight is 286 g/mol. The SMILES string of the molecule is CN(C)c1ccc(/C=C/C(=O)c2cccc(Cl)c2)cc1. The van der Waals surface area contributed by atoms with Gasteiger partial charge in [-0.1, -0.05) is 41.9 Å². The molecule has 0 unspecified atom stereocenters. The molecule has 0 aliphatic rings. The largest absolute Gasteiger partial charge is 0.378 e. The highest BCUT2D eigenvalue weighted by molar-refractivity contribution is 6.31. The van der Waals surface area contributed by atoms with Gasteiger partial charge in [-0.2, -0.15) is 0 Å². The number of halogens is 1. The molecular weight excluding hydrogens is 270 g/mol. The van der Waals surface area contributed by atoms with Crippen LogP contribution in [0.15, 0.2) is 54.6 Å². The molecule has 2 nitrogen and oxygen atoms in total. The zero-order chi connectivity index (χ0) is 14.5. The van der Waals surface area contributed by atoms with E-state index in [-0.39, 0.29) is 5.78 Å². The molecule has 102 valence electrons. The van der Waals surface area contributed by atoms with E-state index < -0.39 is 0 Å². The van der Waals surface area contributed by atoms with Gasteiger partial charge in [0.1, 0.15) is 0 Å². The molecule has 2 rings (SSSR count). The monoisotopic (exact) mass is 285 g/mol. The van der Waals surface area contributed by atoms with Gasteiger partial charge in [0.05, 0.1) is 0 Å². The molecule has 3 heteroatoms. The topological polar surface area (TPSA) is 20.3 Å². The number of allylic oxidation sites excluding steroid dienone is 1. The van der Waals surface area contributed by atoms with Crippen LogP contribution in [-0.4, -0.2) is 19.9 Å². The van der Waals surface area contributed by atoms with Gasteiger partial charge in [0.25, 0.3) is 0 Å². The van der Waals surface area contributed by atoms with E-state index in [4.69, 9.17) is 11.6 Å². The number of hydrogen-bond donors (Lipinski definition) is 0. The fourth-order valence-electron chi connectivity index (χ4n) is 1.79. The summed E-state index contributed by atoms with van der Waals surface area (Å²) in [6, 6.07) is 15.0. The highest BCUT2D eigenvalue weighted by Crippen LogP contribution is 2.15. The predicted octanol–water partition coefficient (Wildman–Crippen LogP) is 4.30. The zero-order valence-electron chi connectivity index (χ0n) is 11.5. The first-order chi connectivity index (χ1) is 9.56. The first-order valence-corrected chi connectivity index (χ1v) is 6.69. The van der Waals surface area contributed by atoms with Crippen molar-refractivity contribution in [1.82, 2.24) is 0 Å². The van der Waals surface area contributed by atoms with E-state index >= 15 is 0 Å². The molecule has 0 heterocycles. The normalized spacial score (nSPS) is 10.8. The lowest BCUT2D eigenvalue weighted by atomic mass is 10.1. The molecular formula is C17H16ClNO. The van der Waals surface area contributed by atoms with Crippen LogP contribution in [0.1, 0.15) is 15.9 Å². The maximum atomic E-state index is 12.0. The molecule has 0 spiro atoms. The Morgan fingerprint density at radius 1 is 1.10 bits per heavy atom. The Bertz CT molecular complexity index is 630. The Morgan fingerprint density at radius 3 is 2.40 bits per heavy atom. The molecule has 0 bridgehead atoms. The number of anilines is 1. The summed E-state index contributed by atoms with van der Waals surface area (Å²) in [6.07, 6.45) is 3.37. The quantitative estimate of drug-likeness (QED) is 0.616. The van der Waals surface area contributed by atoms with Crippen molar-refractivity contribution in [3.05, 3.63) is 70.8 Å². The van der Waals surface area contributed by atoms with Crippen LogP contribution < -0.4 is 4.90 Å². The van der Waals surface area contributed by atoms with Gasteiger partial charge in [0.2, 0.25) is 0 Å². The molecule has 0 N–H and O–H groups in total. The van der Waals surface area contributed by atoms with Crippen LogP contribution in [0.2, 0.25) is 5.02 Å². The fraction of sp³-hybridized carbons (Fsp3) is 0.118. The smallest absolute Gasteiger partial charge is 0.185 e. The van der Waals surface area contributed by atoms with Gasteiger partial charge < -0.3 is 4.90 Å². The first-order valence-electron chi connectivity index (χ1n) is 6.31. The van der Waals surface area contributed by atoms with Gasteiger partial charge in [0.15, 0.2) is 5.78 Å². The van der Waals surface area contributed by atoms with Crippen LogP contribution >= 0.6 is 11.6 Å². The fourth-order valence-corrected chi connectivity index (χ4v) is 1.98. The zero-order valence-corrected chi connectivity index (χ0v) is 12.3. The Labute approximate surface area is 124 Å². The number of benzene rings is 2. The minimum atomic E-state index is -0.0517. The minimum absolute atomic E-state index is 0.0517. The number of hydrogen-bond acceptors (Lipinski definition) is 2. The van der Waals surface area contributed by atoms with Gasteiger partial charge in [-0.15, -0.1) is 0 Å². The third-order valence-corrected chi connectivity index (χ3v) is 3.18. The van der Waals surface area contributed by atoms with E-state index in [0.717, 1.165) is 11.3 Å². The highest BCUT2D eigenvalue weighted by Gasteiger charge is 2.02. The van der Waals surface area contributed by atoms with Crippen LogP contribution in [0.25, 0.3) is 6.08 Å². The van der Waals surface area contributed by atoms with Crippen LogP contribution in [0.5, 0.6) is 0 Å². The molecule has 0 saturated heterocycles. The van der Waals surface area contributed by atoms with E-state index in [1.807, 2.05) is 49.3 Å². The summed E-state index contributed by atoms with van der Waals surface area (Å²) >= 11 is 5.87. The van der Waals surface area contributed by atoms with Gasteiger partial charge in [-0.25, -0.2) is 0 Å². The van der Waals surface area contributed by atoms with Crippen molar-refractivity contribution >= 4 is 29.1 Å². The highest BCUT2D eigenvalue weighted by atomic mass is 35.5. The number of ketones is 1. The predicted molar refractivity (Wildman–Crippen MR) is 85.6 cm³/mol. The summed E-state index contributed by atoms with van der Waals surface area (Å²) < 4.78 is 0. The summed E-state index contributed by atoms with van der Waals surface area (Å²) in [6.45, 7) is 0. The molecule has 0 aliphatic carbocycles. The minimum Gasteiger partial charge on any atom is -0.378 e. The Hall–Kier alpha value is -2.06. The summed E-state index contributed by atoms with van der Waals surface area (Å²) in [7, 11) is 3.99. The Morgan fingerprint density at radius 2 is 1.80 bits per heavy atom. The molecule has 2 aromatic carbocycles. The summed E-state index contributed by atoms with van der Waals surface area (Å²) in [5, 5.41) is 0.569. The van der Waals surface area contributed by atoms with Crippen molar-refractivity contribution in [2.45, 2.75) is 0 Å². The van der Waals surface area contributed by atoms with E-state index in [0.29, 0.717) is 10.6 Å². The molecule has 0 atom stereocenters. The first kappa shape index (κ1) is 14.4. The lowest BCUT2D eigenvalue weighted by Gasteiger charge is -2.11. The summed E-state index contributed by atoms with van der Waals surface area (Å²) in [4.78, 5) is 14.0. The third kappa shape index (κ3) is 3.72. The van der Waals surface area contributed by atoms with Crippen molar-refractivity contribution in [3.8, 4) is 0 Å². The lowest BCUT2D eigenvalue weighted by molar-refractivity contribution is 0.104. The Balaban J connectivity index is 2.11. The maximum Gasteiger partial charge on any atom is 0.185 e.